The monoisotopic (exact) mass is 539 g/mol. The van der Waals surface area contributed by atoms with Crippen LogP contribution in [0.25, 0.3) is 23.9 Å². The van der Waals surface area contributed by atoms with Crippen LogP contribution in [-0.4, -0.2) is 34.1 Å². The van der Waals surface area contributed by atoms with Crippen LogP contribution in [0.2, 0.25) is 0 Å². The highest BCUT2D eigenvalue weighted by Gasteiger charge is 2.25. The molecule has 0 amide bonds. The number of rotatable bonds is 8. The lowest BCUT2D eigenvalue weighted by atomic mass is 10.0. The van der Waals surface area contributed by atoms with Gasteiger partial charge in [0, 0.05) is 16.1 Å². The van der Waals surface area contributed by atoms with Crippen molar-refractivity contribution in [2.75, 3.05) is 23.4 Å². The summed E-state index contributed by atoms with van der Waals surface area (Å²) in [4.78, 5) is 14.9. The summed E-state index contributed by atoms with van der Waals surface area (Å²) in [6, 6.07) is 3.06. The highest BCUT2D eigenvalue weighted by Crippen LogP contribution is 2.39. The maximum absolute atomic E-state index is 14.9. The largest absolute Gasteiger partial charge is 0.486 e. The number of nitrogens with one attached hydrogen (secondary N) is 1. The Morgan fingerprint density at radius 3 is 2.63 bits per heavy atom. The van der Waals surface area contributed by atoms with Crippen molar-refractivity contribution in [3.05, 3.63) is 64.1 Å². The average molecular weight is 540 g/mol. The molecule has 1 aliphatic rings. The van der Waals surface area contributed by atoms with Gasteiger partial charge in [-0.15, -0.1) is 0 Å². The standard InChI is InChI=1S/C27H29F2N5OS.C2H6/c1-7-8-16(4)17(5)11-22-18(6)36-27(31-22)33-26-30-14-21(29)24(32-26)19-12-20(28)25-23(13-19)34(15(2)3)9-10-35-25;1-2/h11-15H,4-10H2,1-3H3,(H,30,31,32,33);1-2H3/b22-11+;. The number of benzene rings is 1. The molecule has 0 spiro atoms. The highest BCUT2D eigenvalue weighted by atomic mass is 32.1. The van der Waals surface area contributed by atoms with Crippen molar-refractivity contribution in [1.82, 2.24) is 15.0 Å². The van der Waals surface area contributed by atoms with Gasteiger partial charge in [-0.3, -0.25) is 5.32 Å². The number of ether oxygens (including phenoxy) is 1. The third-order valence-corrected chi connectivity index (χ3v) is 6.66. The van der Waals surface area contributed by atoms with Crippen LogP contribution in [0.5, 0.6) is 5.75 Å². The van der Waals surface area contributed by atoms with E-state index in [2.05, 4.69) is 46.9 Å². The Labute approximate surface area is 227 Å². The van der Waals surface area contributed by atoms with Gasteiger partial charge in [0.05, 0.1) is 23.8 Å². The Morgan fingerprint density at radius 1 is 1.21 bits per heavy atom. The Balaban J connectivity index is 0.00000195. The summed E-state index contributed by atoms with van der Waals surface area (Å²) in [6.45, 7) is 23.3. The number of nitrogens with zero attached hydrogens (tertiary/aromatic N) is 4. The summed E-state index contributed by atoms with van der Waals surface area (Å²) >= 11 is 1.31. The molecule has 9 heteroatoms. The van der Waals surface area contributed by atoms with Gasteiger partial charge in [0.2, 0.25) is 5.95 Å². The summed E-state index contributed by atoms with van der Waals surface area (Å²) in [6.07, 6.45) is 4.74. The van der Waals surface area contributed by atoms with Crippen molar-refractivity contribution >= 4 is 40.8 Å². The van der Waals surface area contributed by atoms with Gasteiger partial charge in [0.25, 0.3) is 0 Å². The van der Waals surface area contributed by atoms with Crippen LogP contribution in [-0.2, 0) is 0 Å². The lowest BCUT2D eigenvalue weighted by Crippen LogP contribution is -2.38. The lowest BCUT2D eigenvalue weighted by Gasteiger charge is -2.34. The van der Waals surface area contributed by atoms with Crippen molar-refractivity contribution in [3.8, 4) is 17.0 Å². The molecule has 0 fully saturated rings. The van der Waals surface area contributed by atoms with E-state index in [1.54, 1.807) is 6.07 Å². The fourth-order valence-corrected chi connectivity index (χ4v) is 4.69. The zero-order chi connectivity index (χ0) is 28.0. The predicted octanol–water partition coefficient (Wildman–Crippen LogP) is 6.36. The summed E-state index contributed by atoms with van der Waals surface area (Å²) in [5.41, 5.74) is 2.59. The predicted molar refractivity (Wildman–Crippen MR) is 155 cm³/mol. The first-order valence-corrected chi connectivity index (χ1v) is 13.6. The minimum Gasteiger partial charge on any atom is -0.486 e. The van der Waals surface area contributed by atoms with Crippen LogP contribution in [0.1, 0.15) is 47.5 Å². The molecule has 2 aromatic heterocycles. The molecule has 0 saturated heterocycles. The molecule has 202 valence electrons. The minimum absolute atomic E-state index is 0.0223. The van der Waals surface area contributed by atoms with E-state index in [4.69, 9.17) is 4.74 Å². The number of thiazole rings is 1. The van der Waals surface area contributed by atoms with Crippen LogP contribution in [0.4, 0.5) is 25.5 Å². The molecule has 3 aromatic rings. The molecule has 3 heterocycles. The van der Waals surface area contributed by atoms with Gasteiger partial charge in [-0.2, -0.15) is 0 Å². The van der Waals surface area contributed by atoms with E-state index in [0.29, 0.717) is 34.9 Å². The van der Waals surface area contributed by atoms with E-state index >= 15 is 0 Å². The van der Waals surface area contributed by atoms with Crippen LogP contribution in [0.15, 0.2) is 42.6 Å². The normalized spacial score (nSPS) is 12.9. The van der Waals surface area contributed by atoms with E-state index < -0.39 is 11.6 Å². The van der Waals surface area contributed by atoms with E-state index in [-0.39, 0.29) is 23.4 Å². The van der Waals surface area contributed by atoms with Gasteiger partial charge >= 0.3 is 0 Å². The zero-order valence-corrected chi connectivity index (χ0v) is 23.5. The van der Waals surface area contributed by atoms with Crippen molar-refractivity contribution in [3.63, 3.8) is 0 Å². The van der Waals surface area contributed by atoms with Crippen molar-refractivity contribution in [1.29, 1.82) is 0 Å². The Kier molecular flexibility index (Phi) is 9.74. The quantitative estimate of drug-likeness (QED) is 0.336. The van der Waals surface area contributed by atoms with E-state index in [1.165, 1.54) is 17.4 Å². The number of anilines is 3. The molecule has 4 rings (SSSR count). The second-order valence-electron chi connectivity index (χ2n) is 8.81. The van der Waals surface area contributed by atoms with Gasteiger partial charge in [-0.25, -0.2) is 23.7 Å². The maximum atomic E-state index is 14.9. The topological polar surface area (TPSA) is 63.2 Å². The van der Waals surface area contributed by atoms with Crippen molar-refractivity contribution < 1.29 is 13.5 Å². The fraction of sp³-hybridized carbons (Fsp3) is 0.345. The van der Waals surface area contributed by atoms with E-state index in [9.17, 15) is 8.78 Å². The van der Waals surface area contributed by atoms with Gasteiger partial charge in [0.1, 0.15) is 12.3 Å². The van der Waals surface area contributed by atoms with Crippen LogP contribution in [0.3, 0.4) is 0 Å². The Bertz CT molecular complexity index is 1430. The minimum atomic E-state index is -0.663. The first-order valence-electron chi connectivity index (χ1n) is 12.8. The molecule has 0 unspecified atom stereocenters. The molecule has 1 N–H and O–H groups in total. The number of fused-ring (bicyclic) bond motifs is 1. The first-order chi connectivity index (χ1) is 18.2. The molecule has 1 aromatic carbocycles. The van der Waals surface area contributed by atoms with Gasteiger partial charge < -0.3 is 9.64 Å². The smallest absolute Gasteiger partial charge is 0.229 e. The van der Waals surface area contributed by atoms with Crippen molar-refractivity contribution in [2.24, 2.45) is 0 Å². The van der Waals surface area contributed by atoms with Crippen molar-refractivity contribution in [2.45, 2.75) is 53.5 Å². The van der Waals surface area contributed by atoms with Crippen LogP contribution < -0.4 is 24.8 Å². The number of allylic oxidation sites excluding steroid dienone is 2. The molecule has 38 heavy (non-hydrogen) atoms. The van der Waals surface area contributed by atoms with Crippen LogP contribution >= 0.6 is 11.3 Å². The molecule has 0 radical (unpaired) electrons. The summed E-state index contributed by atoms with van der Waals surface area (Å²) in [5.74, 6) is -0.920. The molecule has 0 saturated carbocycles. The molecule has 0 bridgehead atoms. The summed E-state index contributed by atoms with van der Waals surface area (Å²) in [7, 11) is 0. The lowest BCUT2D eigenvalue weighted by molar-refractivity contribution is 0.287. The Hall–Kier alpha value is -3.59. The number of hydrogen-bond donors (Lipinski definition) is 1. The van der Waals surface area contributed by atoms with Gasteiger partial charge in [0.15, 0.2) is 22.5 Å². The van der Waals surface area contributed by atoms with Gasteiger partial charge in [-0.05, 0) is 49.6 Å². The maximum Gasteiger partial charge on any atom is 0.229 e. The first kappa shape index (κ1) is 29.0. The molecular weight excluding hydrogens is 504 g/mol. The van der Waals surface area contributed by atoms with E-state index in [1.807, 2.05) is 38.7 Å². The summed E-state index contributed by atoms with van der Waals surface area (Å²) in [5, 5.41) is 4.17. The third-order valence-electron chi connectivity index (χ3n) is 5.82. The fourth-order valence-electron chi connectivity index (χ4n) is 3.96. The number of halogens is 2. The molecule has 1 aliphatic heterocycles. The SMILES string of the molecule is C=C(/C=c1/nc(Nc2ncc(F)c(-c3cc(F)c4c(c3)N(C(C)C)CCO4)n2)sc1=C)C(=C)CCC.CC. The van der Waals surface area contributed by atoms with E-state index in [0.717, 1.165) is 34.7 Å². The Morgan fingerprint density at radius 2 is 1.95 bits per heavy atom. The number of hydrogen-bond acceptors (Lipinski definition) is 7. The third kappa shape index (κ3) is 6.45. The number of aromatic nitrogens is 3. The van der Waals surface area contributed by atoms with Crippen LogP contribution in [0, 0.1) is 11.6 Å². The second-order valence-corrected chi connectivity index (χ2v) is 9.89. The zero-order valence-electron chi connectivity index (χ0n) is 22.7. The molecular formula is C29H35F2N5OS. The molecule has 0 aliphatic carbocycles. The molecule has 0 atom stereocenters. The second kappa shape index (κ2) is 12.8. The van der Waals surface area contributed by atoms with Gasteiger partial charge in [-0.1, -0.05) is 58.3 Å². The average Bonchev–Trinajstić information content (AvgIpc) is 3.24. The molecule has 6 nitrogen and oxygen atoms in total. The summed E-state index contributed by atoms with van der Waals surface area (Å²) < 4.78 is 36.0. The highest BCUT2D eigenvalue weighted by molar-refractivity contribution is 7.13.